The van der Waals surface area contributed by atoms with Crippen LogP contribution < -0.4 is 5.32 Å². The van der Waals surface area contributed by atoms with Gasteiger partial charge in [-0.05, 0) is 5.56 Å². The van der Waals surface area contributed by atoms with Gasteiger partial charge in [0, 0.05) is 6.54 Å². The summed E-state index contributed by atoms with van der Waals surface area (Å²) >= 11 is 3.29. The Labute approximate surface area is 91.3 Å². The zero-order chi connectivity index (χ0) is 10.4. The van der Waals surface area contributed by atoms with Crippen molar-refractivity contribution in [2.45, 2.75) is 4.83 Å². The van der Waals surface area contributed by atoms with E-state index < -0.39 is 0 Å². The summed E-state index contributed by atoms with van der Waals surface area (Å²) in [5.74, 6) is -0.134. The average Bonchev–Trinajstić information content (AvgIpc) is 2.26. The molecule has 0 aromatic heterocycles. The van der Waals surface area contributed by atoms with Crippen LogP contribution in [0.3, 0.4) is 0 Å². The lowest BCUT2D eigenvalue weighted by molar-refractivity contribution is -0.120. The molecule has 0 saturated carbocycles. The van der Waals surface area contributed by atoms with E-state index >= 15 is 0 Å². The van der Waals surface area contributed by atoms with Crippen molar-refractivity contribution in [2.24, 2.45) is 0 Å². The smallest absolute Gasteiger partial charge is 0.238 e. The maximum absolute atomic E-state index is 11.4. The second-order valence-corrected chi connectivity index (χ2v) is 3.70. The second-order valence-electron chi connectivity index (χ2n) is 2.79. The topological polar surface area (TPSA) is 49.3 Å². The van der Waals surface area contributed by atoms with Gasteiger partial charge in [0.15, 0.2) is 0 Å². The van der Waals surface area contributed by atoms with Gasteiger partial charge in [-0.25, -0.2) is 0 Å². The van der Waals surface area contributed by atoms with Crippen molar-refractivity contribution < 1.29 is 9.90 Å². The summed E-state index contributed by atoms with van der Waals surface area (Å²) in [6.45, 7) is 0.244. The first-order valence-electron chi connectivity index (χ1n) is 4.33. The number of carbonyl (C=O) groups excluding carboxylic acids is 1. The van der Waals surface area contributed by atoms with Gasteiger partial charge in [0.1, 0.15) is 4.83 Å². The van der Waals surface area contributed by atoms with Crippen LogP contribution in [0.4, 0.5) is 0 Å². The monoisotopic (exact) mass is 257 g/mol. The second kappa shape index (κ2) is 5.78. The van der Waals surface area contributed by atoms with Crippen molar-refractivity contribution in [3.63, 3.8) is 0 Å². The molecule has 0 aliphatic carbocycles. The summed E-state index contributed by atoms with van der Waals surface area (Å²) in [5.41, 5.74) is 0.905. The number of rotatable bonds is 4. The van der Waals surface area contributed by atoms with Gasteiger partial charge in [0.25, 0.3) is 0 Å². The molecule has 1 atom stereocenters. The molecule has 76 valence electrons. The van der Waals surface area contributed by atoms with E-state index in [-0.39, 0.29) is 23.9 Å². The predicted molar refractivity (Wildman–Crippen MR) is 58.2 cm³/mol. The quantitative estimate of drug-likeness (QED) is 0.798. The van der Waals surface area contributed by atoms with E-state index in [2.05, 4.69) is 21.2 Å². The number of halogens is 1. The lowest BCUT2D eigenvalue weighted by atomic mass is 10.1. The van der Waals surface area contributed by atoms with E-state index in [0.29, 0.717) is 0 Å². The maximum atomic E-state index is 11.4. The van der Waals surface area contributed by atoms with E-state index in [0.717, 1.165) is 5.56 Å². The number of nitrogens with one attached hydrogen (secondary N) is 1. The lowest BCUT2D eigenvalue weighted by Crippen LogP contribution is -2.29. The first kappa shape index (κ1) is 11.2. The van der Waals surface area contributed by atoms with Crippen LogP contribution in [0.25, 0.3) is 0 Å². The number of aliphatic hydroxyl groups is 1. The Morgan fingerprint density at radius 1 is 1.43 bits per heavy atom. The van der Waals surface area contributed by atoms with Crippen molar-refractivity contribution in [3.8, 4) is 0 Å². The zero-order valence-corrected chi connectivity index (χ0v) is 9.20. The van der Waals surface area contributed by atoms with E-state index in [1.807, 2.05) is 30.3 Å². The molecule has 0 aliphatic heterocycles. The van der Waals surface area contributed by atoms with Crippen molar-refractivity contribution in [1.82, 2.24) is 5.32 Å². The Kier molecular flexibility index (Phi) is 4.62. The normalized spacial score (nSPS) is 12.1. The van der Waals surface area contributed by atoms with Crippen LogP contribution >= 0.6 is 15.9 Å². The molecule has 14 heavy (non-hydrogen) atoms. The Bertz CT molecular complexity index is 289. The summed E-state index contributed by atoms with van der Waals surface area (Å²) in [7, 11) is 0. The number of hydrogen-bond donors (Lipinski definition) is 2. The Hall–Kier alpha value is -0.870. The molecule has 0 radical (unpaired) electrons. The molecule has 0 saturated heterocycles. The summed E-state index contributed by atoms with van der Waals surface area (Å²) < 4.78 is 0. The van der Waals surface area contributed by atoms with Gasteiger partial charge in [-0.2, -0.15) is 0 Å². The molecule has 2 N–H and O–H groups in total. The summed E-state index contributed by atoms with van der Waals surface area (Å²) in [5, 5.41) is 11.1. The van der Waals surface area contributed by atoms with E-state index in [9.17, 15) is 4.79 Å². The highest BCUT2D eigenvalue weighted by atomic mass is 79.9. The number of benzene rings is 1. The molecule has 3 nitrogen and oxygen atoms in total. The predicted octanol–water partition coefficient (Wildman–Crippen LogP) is 1.23. The van der Waals surface area contributed by atoms with Crippen molar-refractivity contribution in [3.05, 3.63) is 35.9 Å². The van der Waals surface area contributed by atoms with Gasteiger partial charge in [-0.3, -0.25) is 4.79 Å². The van der Waals surface area contributed by atoms with E-state index in [1.165, 1.54) is 0 Å². The zero-order valence-electron chi connectivity index (χ0n) is 7.61. The molecule has 1 rings (SSSR count). The molecule has 0 fully saturated rings. The first-order chi connectivity index (χ1) is 6.75. The molecule has 4 heteroatoms. The standard InChI is InChI=1S/C10H12BrNO2/c11-9(10(14)12-6-7-13)8-4-2-1-3-5-8/h1-5,9,13H,6-7H2,(H,12,14). The van der Waals surface area contributed by atoms with Gasteiger partial charge in [-0.1, -0.05) is 46.3 Å². The van der Waals surface area contributed by atoms with Gasteiger partial charge in [0.05, 0.1) is 6.61 Å². The number of carbonyl (C=O) groups is 1. The Balaban J connectivity index is 2.57. The Morgan fingerprint density at radius 3 is 2.64 bits per heavy atom. The maximum Gasteiger partial charge on any atom is 0.238 e. The minimum Gasteiger partial charge on any atom is -0.395 e. The van der Waals surface area contributed by atoms with Gasteiger partial charge >= 0.3 is 0 Å². The fourth-order valence-electron chi connectivity index (χ4n) is 1.04. The molecule has 0 aliphatic rings. The third kappa shape index (κ3) is 3.12. The van der Waals surface area contributed by atoms with Gasteiger partial charge in [-0.15, -0.1) is 0 Å². The Morgan fingerprint density at radius 2 is 2.07 bits per heavy atom. The van der Waals surface area contributed by atoms with E-state index in [1.54, 1.807) is 0 Å². The first-order valence-corrected chi connectivity index (χ1v) is 5.25. The third-order valence-corrected chi connectivity index (χ3v) is 2.68. The van der Waals surface area contributed by atoms with Gasteiger partial charge < -0.3 is 10.4 Å². The fraction of sp³-hybridized carbons (Fsp3) is 0.300. The van der Waals surface area contributed by atoms with Crippen molar-refractivity contribution >= 4 is 21.8 Å². The SMILES string of the molecule is O=C(NCCO)C(Br)c1ccccc1. The molecule has 1 unspecified atom stereocenters. The van der Waals surface area contributed by atoms with Crippen LogP contribution in [0.5, 0.6) is 0 Å². The molecule has 1 aromatic rings. The molecule has 0 heterocycles. The van der Waals surface area contributed by atoms with Gasteiger partial charge in [0.2, 0.25) is 5.91 Å². The van der Waals surface area contributed by atoms with Crippen LogP contribution in [0, 0.1) is 0 Å². The molecule has 0 bridgehead atoms. The van der Waals surface area contributed by atoms with Crippen LogP contribution in [0.15, 0.2) is 30.3 Å². The highest BCUT2D eigenvalue weighted by Gasteiger charge is 2.15. The van der Waals surface area contributed by atoms with Crippen LogP contribution in [-0.2, 0) is 4.79 Å². The number of hydrogen-bond acceptors (Lipinski definition) is 2. The summed E-state index contributed by atoms with van der Waals surface area (Å²) in [4.78, 5) is 11.1. The number of aliphatic hydroxyl groups excluding tert-OH is 1. The minimum atomic E-state index is -0.352. The summed E-state index contributed by atoms with van der Waals surface area (Å²) in [6.07, 6.45) is 0. The highest BCUT2D eigenvalue weighted by molar-refractivity contribution is 9.09. The average molecular weight is 258 g/mol. The molecule has 0 spiro atoms. The number of amides is 1. The highest BCUT2D eigenvalue weighted by Crippen LogP contribution is 2.21. The van der Waals surface area contributed by atoms with Crippen molar-refractivity contribution in [1.29, 1.82) is 0 Å². The molecule has 1 amide bonds. The number of alkyl halides is 1. The minimum absolute atomic E-state index is 0.0414. The summed E-state index contributed by atoms with van der Waals surface area (Å²) in [6, 6.07) is 9.40. The molecular formula is C10H12BrNO2. The third-order valence-electron chi connectivity index (χ3n) is 1.73. The van der Waals surface area contributed by atoms with Crippen LogP contribution in [-0.4, -0.2) is 24.2 Å². The van der Waals surface area contributed by atoms with Crippen LogP contribution in [0.2, 0.25) is 0 Å². The largest absolute Gasteiger partial charge is 0.395 e. The molecular weight excluding hydrogens is 246 g/mol. The molecule has 1 aromatic carbocycles. The lowest BCUT2D eigenvalue weighted by Gasteiger charge is -2.09. The van der Waals surface area contributed by atoms with Crippen LogP contribution in [0.1, 0.15) is 10.4 Å². The van der Waals surface area contributed by atoms with Crippen molar-refractivity contribution in [2.75, 3.05) is 13.2 Å². The fourth-order valence-corrected chi connectivity index (χ4v) is 1.51. The van der Waals surface area contributed by atoms with E-state index in [4.69, 9.17) is 5.11 Å².